The SMILES string of the molecule is Cc1ccc(Cl)cc1NCc1cc(Cl)ccc1[N+](=O)[O-]. The first kappa shape index (κ1) is 14.6. The Bertz CT molecular complexity index is 660. The van der Waals surface area contributed by atoms with Gasteiger partial charge in [0.2, 0.25) is 0 Å². The fraction of sp³-hybridized carbons (Fsp3) is 0.143. The summed E-state index contributed by atoms with van der Waals surface area (Å²) in [6, 6.07) is 9.97. The predicted octanol–water partition coefficient (Wildman–Crippen LogP) is 4.82. The fourth-order valence-corrected chi connectivity index (χ4v) is 2.22. The maximum atomic E-state index is 11.0. The monoisotopic (exact) mass is 310 g/mol. The zero-order chi connectivity index (χ0) is 14.7. The average molecular weight is 311 g/mol. The van der Waals surface area contributed by atoms with Gasteiger partial charge in [-0.15, -0.1) is 0 Å². The summed E-state index contributed by atoms with van der Waals surface area (Å²) < 4.78 is 0. The summed E-state index contributed by atoms with van der Waals surface area (Å²) in [5, 5.41) is 15.2. The Morgan fingerprint density at radius 1 is 1.15 bits per heavy atom. The van der Waals surface area contributed by atoms with E-state index in [0.717, 1.165) is 11.3 Å². The Labute approximate surface area is 126 Å². The van der Waals surface area contributed by atoms with E-state index in [-0.39, 0.29) is 5.69 Å². The van der Waals surface area contributed by atoms with Gasteiger partial charge in [0, 0.05) is 28.3 Å². The minimum absolute atomic E-state index is 0.0431. The van der Waals surface area contributed by atoms with E-state index in [2.05, 4.69) is 5.32 Å². The molecule has 0 saturated carbocycles. The van der Waals surface area contributed by atoms with E-state index < -0.39 is 4.92 Å². The third kappa shape index (κ3) is 3.40. The number of aryl methyl sites for hydroxylation is 1. The van der Waals surface area contributed by atoms with Gasteiger partial charge in [0.25, 0.3) is 5.69 Å². The first-order valence-corrected chi connectivity index (χ1v) is 6.66. The lowest BCUT2D eigenvalue weighted by atomic mass is 10.1. The van der Waals surface area contributed by atoms with Crippen LogP contribution in [-0.4, -0.2) is 4.92 Å². The molecule has 4 nitrogen and oxygen atoms in total. The number of hydrogen-bond acceptors (Lipinski definition) is 3. The summed E-state index contributed by atoms with van der Waals surface area (Å²) in [7, 11) is 0. The molecule has 2 aromatic carbocycles. The molecule has 104 valence electrons. The van der Waals surface area contributed by atoms with Gasteiger partial charge < -0.3 is 5.32 Å². The molecular formula is C14H12Cl2N2O2. The standard InChI is InChI=1S/C14H12Cl2N2O2/c1-9-2-3-12(16)7-13(9)17-8-10-6-11(15)4-5-14(10)18(19)20/h2-7,17H,8H2,1H3. The molecule has 0 fully saturated rings. The lowest BCUT2D eigenvalue weighted by Crippen LogP contribution is -2.04. The second kappa shape index (κ2) is 6.11. The second-order valence-electron chi connectivity index (χ2n) is 4.34. The molecule has 0 radical (unpaired) electrons. The topological polar surface area (TPSA) is 55.2 Å². The normalized spacial score (nSPS) is 10.3. The summed E-state index contributed by atoms with van der Waals surface area (Å²) in [5.41, 5.74) is 2.43. The highest BCUT2D eigenvalue weighted by Gasteiger charge is 2.13. The molecule has 0 aromatic heterocycles. The largest absolute Gasteiger partial charge is 0.380 e. The molecule has 0 aliphatic rings. The molecule has 20 heavy (non-hydrogen) atoms. The predicted molar refractivity (Wildman–Crippen MR) is 81.6 cm³/mol. The zero-order valence-electron chi connectivity index (χ0n) is 10.7. The number of rotatable bonds is 4. The fourth-order valence-electron chi connectivity index (χ4n) is 1.85. The van der Waals surface area contributed by atoms with Crippen molar-refractivity contribution >= 4 is 34.6 Å². The van der Waals surface area contributed by atoms with Crippen molar-refractivity contribution in [2.24, 2.45) is 0 Å². The molecule has 6 heteroatoms. The Hall–Kier alpha value is -1.78. The Morgan fingerprint density at radius 3 is 2.50 bits per heavy atom. The first-order chi connectivity index (χ1) is 9.47. The van der Waals surface area contributed by atoms with Gasteiger partial charge in [0.1, 0.15) is 0 Å². The van der Waals surface area contributed by atoms with Gasteiger partial charge in [-0.1, -0.05) is 29.3 Å². The van der Waals surface area contributed by atoms with Crippen LogP contribution in [0.5, 0.6) is 0 Å². The number of nitro benzene ring substituents is 1. The van der Waals surface area contributed by atoms with Crippen molar-refractivity contribution in [3.8, 4) is 0 Å². The van der Waals surface area contributed by atoms with Crippen molar-refractivity contribution in [2.75, 3.05) is 5.32 Å². The van der Waals surface area contributed by atoms with Crippen LogP contribution in [0, 0.1) is 17.0 Å². The molecule has 2 rings (SSSR count). The highest BCUT2D eigenvalue weighted by molar-refractivity contribution is 6.31. The molecule has 0 atom stereocenters. The number of halogens is 2. The molecule has 2 aromatic rings. The molecule has 0 aliphatic heterocycles. The highest BCUT2D eigenvalue weighted by atomic mass is 35.5. The molecular weight excluding hydrogens is 299 g/mol. The highest BCUT2D eigenvalue weighted by Crippen LogP contribution is 2.25. The van der Waals surface area contributed by atoms with Gasteiger partial charge in [0.05, 0.1) is 10.5 Å². The second-order valence-corrected chi connectivity index (χ2v) is 5.22. The number of benzene rings is 2. The Morgan fingerprint density at radius 2 is 1.80 bits per heavy atom. The number of nitro groups is 1. The van der Waals surface area contributed by atoms with Crippen LogP contribution in [0.2, 0.25) is 10.0 Å². The van der Waals surface area contributed by atoms with E-state index in [1.807, 2.05) is 13.0 Å². The molecule has 0 heterocycles. The Kier molecular flexibility index (Phi) is 4.47. The summed E-state index contributed by atoms with van der Waals surface area (Å²) in [5.74, 6) is 0. The molecule has 0 spiro atoms. The quantitative estimate of drug-likeness (QED) is 0.650. The number of hydrogen-bond donors (Lipinski definition) is 1. The lowest BCUT2D eigenvalue weighted by molar-refractivity contribution is -0.385. The van der Waals surface area contributed by atoms with Crippen LogP contribution in [0.15, 0.2) is 36.4 Å². The third-order valence-corrected chi connectivity index (χ3v) is 3.38. The van der Waals surface area contributed by atoms with Crippen LogP contribution in [0.3, 0.4) is 0 Å². The molecule has 1 N–H and O–H groups in total. The zero-order valence-corrected chi connectivity index (χ0v) is 12.2. The van der Waals surface area contributed by atoms with Crippen molar-refractivity contribution in [3.05, 3.63) is 67.7 Å². The van der Waals surface area contributed by atoms with E-state index in [4.69, 9.17) is 23.2 Å². The minimum atomic E-state index is -0.418. The summed E-state index contributed by atoms with van der Waals surface area (Å²) in [4.78, 5) is 10.6. The molecule has 0 saturated heterocycles. The Balaban J connectivity index is 2.24. The van der Waals surface area contributed by atoms with E-state index in [1.165, 1.54) is 12.1 Å². The molecule has 0 unspecified atom stereocenters. The van der Waals surface area contributed by atoms with Crippen LogP contribution < -0.4 is 5.32 Å². The van der Waals surface area contributed by atoms with Gasteiger partial charge in [-0.25, -0.2) is 0 Å². The van der Waals surface area contributed by atoms with Crippen molar-refractivity contribution in [1.82, 2.24) is 0 Å². The van der Waals surface area contributed by atoms with Crippen molar-refractivity contribution in [1.29, 1.82) is 0 Å². The van der Waals surface area contributed by atoms with Crippen LogP contribution in [0.4, 0.5) is 11.4 Å². The molecule has 0 amide bonds. The number of anilines is 1. The van der Waals surface area contributed by atoms with E-state index in [9.17, 15) is 10.1 Å². The summed E-state index contributed by atoms with van der Waals surface area (Å²) in [6.07, 6.45) is 0. The number of nitrogens with zero attached hydrogens (tertiary/aromatic N) is 1. The maximum absolute atomic E-state index is 11.0. The molecule has 0 aliphatic carbocycles. The van der Waals surface area contributed by atoms with E-state index in [0.29, 0.717) is 22.2 Å². The smallest absolute Gasteiger partial charge is 0.274 e. The molecule has 0 bridgehead atoms. The van der Waals surface area contributed by atoms with Gasteiger partial charge in [-0.3, -0.25) is 10.1 Å². The van der Waals surface area contributed by atoms with E-state index in [1.54, 1.807) is 18.2 Å². The van der Waals surface area contributed by atoms with Crippen LogP contribution in [0.25, 0.3) is 0 Å². The van der Waals surface area contributed by atoms with Gasteiger partial charge >= 0.3 is 0 Å². The first-order valence-electron chi connectivity index (χ1n) is 5.90. The lowest BCUT2D eigenvalue weighted by Gasteiger charge is -2.10. The third-order valence-electron chi connectivity index (χ3n) is 2.91. The number of nitrogens with one attached hydrogen (secondary N) is 1. The maximum Gasteiger partial charge on any atom is 0.274 e. The van der Waals surface area contributed by atoms with Gasteiger partial charge in [-0.05, 0) is 36.8 Å². The van der Waals surface area contributed by atoms with Crippen molar-refractivity contribution in [2.45, 2.75) is 13.5 Å². The van der Waals surface area contributed by atoms with Crippen LogP contribution >= 0.6 is 23.2 Å². The van der Waals surface area contributed by atoms with Crippen molar-refractivity contribution < 1.29 is 4.92 Å². The minimum Gasteiger partial charge on any atom is -0.380 e. The van der Waals surface area contributed by atoms with Crippen LogP contribution in [-0.2, 0) is 6.54 Å². The average Bonchev–Trinajstić information content (AvgIpc) is 2.39. The van der Waals surface area contributed by atoms with Gasteiger partial charge in [0.15, 0.2) is 0 Å². The summed E-state index contributed by atoms with van der Waals surface area (Å²) >= 11 is 11.8. The van der Waals surface area contributed by atoms with E-state index >= 15 is 0 Å². The van der Waals surface area contributed by atoms with Gasteiger partial charge in [-0.2, -0.15) is 0 Å². The van der Waals surface area contributed by atoms with Crippen molar-refractivity contribution in [3.63, 3.8) is 0 Å². The summed E-state index contributed by atoms with van der Waals surface area (Å²) in [6.45, 7) is 2.24. The van der Waals surface area contributed by atoms with Crippen LogP contribution in [0.1, 0.15) is 11.1 Å².